The molecular formula is C33H42N10O8S2. The van der Waals surface area contributed by atoms with Crippen LogP contribution in [0, 0.1) is 0 Å². The molecule has 0 unspecified atom stereocenters. The summed E-state index contributed by atoms with van der Waals surface area (Å²) < 4.78 is 20.5. The van der Waals surface area contributed by atoms with Gasteiger partial charge in [0.25, 0.3) is 5.91 Å². The highest BCUT2D eigenvalue weighted by Crippen LogP contribution is 2.39. The quantitative estimate of drug-likeness (QED) is 0.153. The van der Waals surface area contributed by atoms with Crippen molar-refractivity contribution in [1.82, 2.24) is 45.0 Å². The monoisotopic (exact) mass is 770 g/mol. The van der Waals surface area contributed by atoms with Crippen LogP contribution in [0.1, 0.15) is 63.3 Å². The number of thiazole rings is 2. The van der Waals surface area contributed by atoms with Gasteiger partial charge in [-0.25, -0.2) is 29.5 Å². The van der Waals surface area contributed by atoms with Crippen LogP contribution in [-0.2, 0) is 28.5 Å². The highest BCUT2D eigenvalue weighted by molar-refractivity contribution is 7.24. The molecule has 0 spiro atoms. The van der Waals surface area contributed by atoms with Gasteiger partial charge >= 0.3 is 12.2 Å². The highest BCUT2D eigenvalue weighted by Gasteiger charge is 2.41. The van der Waals surface area contributed by atoms with Crippen LogP contribution in [0.15, 0.2) is 24.8 Å². The van der Waals surface area contributed by atoms with Gasteiger partial charge < -0.3 is 49.8 Å². The standard InChI is InChI=1S/C33H42N10O8S2/c1-16(48-3)24(41-33(47)50-5)30(44)42-10-6-8-20(42)26-35-12-18(39-26)28-37-14-22(52-28)23-15-38-29(53-23)19-13-36-27(40-19)21-9-7-11-43(21)31(45)25(17(2)49-4)51-32(34)46/h12-17,20-21,24-25H,6-11H2,1-5H3,(H2,34,46)(H,35,39)(H,36,40)(H,41,47)/t16-,17-,20+,21+,24+,25+/m1/s1. The van der Waals surface area contributed by atoms with Crippen molar-refractivity contribution in [1.29, 1.82) is 0 Å². The molecule has 4 aromatic rings. The number of carbonyl (C=O) groups excluding carboxylic acids is 4. The average Bonchev–Trinajstić information content (AvgIpc) is 3.99. The van der Waals surface area contributed by atoms with E-state index in [-0.39, 0.29) is 18.0 Å². The fraction of sp³-hybridized carbons (Fsp3) is 0.515. The molecule has 6 rings (SSSR count). The maximum atomic E-state index is 13.6. The predicted molar refractivity (Wildman–Crippen MR) is 192 cm³/mol. The van der Waals surface area contributed by atoms with Gasteiger partial charge in [-0.3, -0.25) is 9.59 Å². The Hall–Kier alpha value is -4.92. The minimum Gasteiger partial charge on any atom is -0.453 e. The van der Waals surface area contributed by atoms with E-state index in [1.807, 2.05) is 0 Å². The van der Waals surface area contributed by atoms with Crippen LogP contribution >= 0.6 is 22.7 Å². The van der Waals surface area contributed by atoms with Gasteiger partial charge in [-0.05, 0) is 39.5 Å². The van der Waals surface area contributed by atoms with Gasteiger partial charge in [-0.1, -0.05) is 0 Å². The molecule has 6 atom stereocenters. The second kappa shape index (κ2) is 16.4. The summed E-state index contributed by atoms with van der Waals surface area (Å²) in [6.45, 7) is 4.34. The smallest absolute Gasteiger partial charge is 0.407 e. The van der Waals surface area contributed by atoms with Gasteiger partial charge in [0.2, 0.25) is 12.0 Å². The summed E-state index contributed by atoms with van der Waals surface area (Å²) in [5.41, 5.74) is 6.51. The van der Waals surface area contributed by atoms with E-state index in [1.54, 1.807) is 48.4 Å². The Bertz CT molecular complexity index is 1930. The maximum Gasteiger partial charge on any atom is 0.407 e. The number of amides is 4. The zero-order valence-corrected chi connectivity index (χ0v) is 31.5. The first-order valence-electron chi connectivity index (χ1n) is 17.0. The number of primary amides is 1. The molecule has 53 heavy (non-hydrogen) atoms. The van der Waals surface area contributed by atoms with Crippen molar-refractivity contribution in [2.75, 3.05) is 34.4 Å². The largest absolute Gasteiger partial charge is 0.453 e. The summed E-state index contributed by atoms with van der Waals surface area (Å²) in [5, 5.41) is 3.98. The van der Waals surface area contributed by atoms with E-state index in [1.165, 1.54) is 44.0 Å². The number of H-pyrrole nitrogens is 2. The molecule has 0 aromatic carbocycles. The number of likely N-dealkylation sites (tertiary alicyclic amines) is 2. The molecule has 284 valence electrons. The van der Waals surface area contributed by atoms with Gasteiger partial charge in [-0.2, -0.15) is 0 Å². The van der Waals surface area contributed by atoms with Crippen LogP contribution in [0.5, 0.6) is 0 Å². The molecule has 6 heterocycles. The van der Waals surface area contributed by atoms with Crippen LogP contribution in [0.2, 0.25) is 0 Å². The third-order valence-electron chi connectivity index (χ3n) is 9.44. The lowest BCUT2D eigenvalue weighted by Crippen LogP contribution is -2.54. The number of aromatic nitrogens is 6. The first-order chi connectivity index (χ1) is 25.5. The topological polar surface area (TPSA) is 233 Å². The van der Waals surface area contributed by atoms with Gasteiger partial charge in [0, 0.05) is 52.1 Å². The number of rotatable bonds is 13. The molecule has 2 aliphatic heterocycles. The van der Waals surface area contributed by atoms with Crippen molar-refractivity contribution >= 4 is 46.7 Å². The van der Waals surface area contributed by atoms with Crippen molar-refractivity contribution in [3.63, 3.8) is 0 Å². The molecule has 5 N–H and O–H groups in total. The number of alkyl carbamates (subject to hydrolysis) is 1. The number of hydrogen-bond donors (Lipinski definition) is 4. The molecule has 0 radical (unpaired) electrons. The van der Waals surface area contributed by atoms with E-state index in [0.717, 1.165) is 22.6 Å². The van der Waals surface area contributed by atoms with Crippen LogP contribution < -0.4 is 11.1 Å². The Labute approximate surface area is 312 Å². The number of methoxy groups -OCH3 is 3. The van der Waals surface area contributed by atoms with Crippen molar-refractivity contribution in [3.05, 3.63) is 36.4 Å². The number of nitrogens with zero attached hydrogens (tertiary/aromatic N) is 6. The summed E-state index contributed by atoms with van der Waals surface area (Å²) >= 11 is 2.92. The van der Waals surface area contributed by atoms with Crippen LogP contribution in [0.25, 0.3) is 31.2 Å². The van der Waals surface area contributed by atoms with Crippen molar-refractivity contribution in [2.45, 2.75) is 76.0 Å². The summed E-state index contributed by atoms with van der Waals surface area (Å²) in [5.74, 6) is 0.560. The minimum absolute atomic E-state index is 0.277. The SMILES string of the molecule is COC(=O)N[C@H](C(=O)N1CCC[C@H]1c1nc(-c2ncc(-c3cnc(-c4c[nH]c([C@@H]5CCCN5C(=O)[C@@H](OC(N)=O)[C@@H](C)OC)n4)s3)s2)c[nH]1)[C@@H](C)OC. The Morgan fingerprint density at radius 1 is 0.830 bits per heavy atom. The molecule has 2 fully saturated rings. The number of carbonyl (C=O) groups is 4. The zero-order valence-electron chi connectivity index (χ0n) is 29.9. The molecule has 2 saturated heterocycles. The van der Waals surface area contributed by atoms with E-state index < -0.39 is 42.4 Å². The lowest BCUT2D eigenvalue weighted by molar-refractivity contribution is -0.148. The minimum atomic E-state index is -1.17. The van der Waals surface area contributed by atoms with E-state index in [0.29, 0.717) is 59.0 Å². The summed E-state index contributed by atoms with van der Waals surface area (Å²) in [6.07, 6.45) is 5.81. The second-order valence-corrected chi connectivity index (χ2v) is 14.7. The fourth-order valence-electron chi connectivity index (χ4n) is 6.52. The van der Waals surface area contributed by atoms with E-state index in [4.69, 9.17) is 34.6 Å². The first-order valence-corrected chi connectivity index (χ1v) is 18.7. The second-order valence-electron chi connectivity index (χ2n) is 12.6. The normalized spacial score (nSPS) is 19.5. The lowest BCUT2D eigenvalue weighted by atomic mass is 10.1. The number of hydrogen-bond acceptors (Lipinski definition) is 14. The van der Waals surface area contributed by atoms with Crippen LogP contribution in [-0.4, -0.2) is 122 Å². The number of nitrogens with one attached hydrogen (secondary N) is 3. The highest BCUT2D eigenvalue weighted by atomic mass is 32.1. The molecule has 4 amide bonds. The summed E-state index contributed by atoms with van der Waals surface area (Å²) in [6, 6.07) is -1.57. The van der Waals surface area contributed by atoms with E-state index in [9.17, 15) is 19.2 Å². The zero-order chi connectivity index (χ0) is 37.8. The van der Waals surface area contributed by atoms with Gasteiger partial charge in [0.1, 0.15) is 45.2 Å². The Morgan fingerprint density at radius 2 is 1.34 bits per heavy atom. The van der Waals surface area contributed by atoms with Gasteiger partial charge in [-0.15, -0.1) is 22.7 Å². The van der Waals surface area contributed by atoms with Crippen molar-refractivity contribution in [2.24, 2.45) is 5.73 Å². The molecule has 0 aliphatic carbocycles. The molecule has 18 nitrogen and oxygen atoms in total. The third kappa shape index (κ3) is 8.04. The molecule has 0 saturated carbocycles. The Balaban J connectivity index is 1.14. The van der Waals surface area contributed by atoms with E-state index in [2.05, 4.69) is 25.3 Å². The Kier molecular flexibility index (Phi) is 11.7. The molecule has 4 aromatic heterocycles. The van der Waals surface area contributed by atoms with Crippen molar-refractivity contribution in [3.8, 4) is 31.2 Å². The van der Waals surface area contributed by atoms with Crippen molar-refractivity contribution < 1.29 is 38.1 Å². The van der Waals surface area contributed by atoms with Gasteiger partial charge in [0.15, 0.2) is 0 Å². The van der Waals surface area contributed by atoms with Gasteiger partial charge in [0.05, 0.1) is 35.1 Å². The molecule has 20 heteroatoms. The van der Waals surface area contributed by atoms with E-state index >= 15 is 0 Å². The van der Waals surface area contributed by atoms with Crippen LogP contribution in [0.3, 0.4) is 0 Å². The number of aromatic amines is 2. The Morgan fingerprint density at radius 3 is 1.81 bits per heavy atom. The predicted octanol–water partition coefficient (Wildman–Crippen LogP) is 3.63. The average molecular weight is 771 g/mol. The van der Waals surface area contributed by atoms with Crippen LogP contribution in [0.4, 0.5) is 9.59 Å². The molecule has 2 aliphatic rings. The number of nitrogens with two attached hydrogens (primary N) is 1. The molecule has 0 bridgehead atoms. The molecular weight excluding hydrogens is 729 g/mol. The summed E-state index contributed by atoms with van der Waals surface area (Å²) in [7, 11) is 4.16. The lowest BCUT2D eigenvalue weighted by Gasteiger charge is -2.30. The fourth-order valence-corrected chi connectivity index (χ4v) is 8.33. The third-order valence-corrected chi connectivity index (χ3v) is 11.7. The number of ether oxygens (including phenoxy) is 4. The maximum absolute atomic E-state index is 13.6. The number of imidazole rings is 2. The first kappa shape index (κ1) is 37.8. The summed E-state index contributed by atoms with van der Waals surface area (Å²) in [4.78, 5) is 81.0.